The third-order valence-corrected chi connectivity index (χ3v) is 5.22. The van der Waals surface area contributed by atoms with Crippen LogP contribution in [0.2, 0.25) is 0 Å². The van der Waals surface area contributed by atoms with E-state index in [1.54, 1.807) is 19.1 Å². The van der Waals surface area contributed by atoms with Gasteiger partial charge in [0.05, 0.1) is 23.5 Å². The lowest BCUT2D eigenvalue weighted by atomic mass is 10.1. The minimum atomic E-state index is -0.424. The third kappa shape index (κ3) is 5.42. The fraction of sp³-hybridized carbons (Fsp3) is 0.375. The fourth-order valence-electron chi connectivity index (χ4n) is 3.44. The maximum Gasteiger partial charge on any atom is 0.338 e. The van der Waals surface area contributed by atoms with E-state index in [4.69, 9.17) is 4.74 Å². The van der Waals surface area contributed by atoms with Gasteiger partial charge in [0.15, 0.2) is 0 Å². The second-order valence-electron chi connectivity index (χ2n) is 7.74. The Morgan fingerprint density at radius 2 is 1.65 bits per heavy atom. The summed E-state index contributed by atoms with van der Waals surface area (Å²) in [6.07, 6.45) is 0. The summed E-state index contributed by atoms with van der Waals surface area (Å²) < 4.78 is 5.09. The molecule has 1 aliphatic rings. The van der Waals surface area contributed by atoms with E-state index >= 15 is 0 Å². The molecule has 0 atom stereocenters. The summed E-state index contributed by atoms with van der Waals surface area (Å²) in [4.78, 5) is 41.2. The van der Waals surface area contributed by atoms with E-state index in [1.807, 2.05) is 55.1 Å². The Labute approximate surface area is 183 Å². The standard InChI is InChI=1S/C24H29N3O4/c1-4-31-24(30)19-10-11-21(20(16-19)25-22(28)17(2)3)26-12-14-27(15-13-26)23(29)18-8-6-5-7-9-18/h5-11,16-17H,4,12-15H2,1-3H3,(H,25,28). The van der Waals surface area contributed by atoms with Gasteiger partial charge in [-0.15, -0.1) is 0 Å². The normalized spacial score (nSPS) is 13.8. The number of hydrogen-bond donors (Lipinski definition) is 1. The Balaban J connectivity index is 1.77. The van der Waals surface area contributed by atoms with Crippen molar-refractivity contribution < 1.29 is 19.1 Å². The van der Waals surface area contributed by atoms with Gasteiger partial charge in [-0.3, -0.25) is 9.59 Å². The second kappa shape index (κ2) is 10.1. The molecule has 3 rings (SSSR count). The molecule has 1 N–H and O–H groups in total. The predicted molar refractivity (Wildman–Crippen MR) is 120 cm³/mol. The van der Waals surface area contributed by atoms with Gasteiger partial charge in [0.1, 0.15) is 0 Å². The van der Waals surface area contributed by atoms with E-state index in [0.717, 1.165) is 5.69 Å². The molecular weight excluding hydrogens is 394 g/mol. The molecule has 7 nitrogen and oxygen atoms in total. The van der Waals surface area contributed by atoms with E-state index < -0.39 is 5.97 Å². The van der Waals surface area contributed by atoms with Crippen molar-refractivity contribution in [3.63, 3.8) is 0 Å². The molecule has 7 heteroatoms. The summed E-state index contributed by atoms with van der Waals surface area (Å²) in [6, 6.07) is 14.5. The van der Waals surface area contributed by atoms with Crippen LogP contribution in [0, 0.1) is 5.92 Å². The topological polar surface area (TPSA) is 79.0 Å². The Morgan fingerprint density at radius 1 is 0.968 bits per heavy atom. The lowest BCUT2D eigenvalue weighted by Gasteiger charge is -2.37. The van der Waals surface area contributed by atoms with Crippen LogP contribution in [-0.4, -0.2) is 55.5 Å². The first-order valence-electron chi connectivity index (χ1n) is 10.6. The average molecular weight is 424 g/mol. The predicted octanol–water partition coefficient (Wildman–Crippen LogP) is 3.42. The number of nitrogens with zero attached hydrogens (tertiary/aromatic N) is 2. The highest BCUT2D eigenvalue weighted by Gasteiger charge is 2.25. The molecular formula is C24H29N3O4. The van der Waals surface area contributed by atoms with E-state index in [2.05, 4.69) is 10.2 Å². The van der Waals surface area contributed by atoms with Crippen molar-refractivity contribution in [1.82, 2.24) is 4.90 Å². The number of rotatable bonds is 6. The summed E-state index contributed by atoms with van der Waals surface area (Å²) in [5, 5.41) is 2.94. The van der Waals surface area contributed by atoms with Gasteiger partial charge in [0.2, 0.25) is 5.91 Å². The van der Waals surface area contributed by atoms with E-state index in [1.165, 1.54) is 0 Å². The van der Waals surface area contributed by atoms with Gasteiger partial charge in [0, 0.05) is 37.7 Å². The Kier molecular flexibility index (Phi) is 7.28. The molecule has 0 spiro atoms. The highest BCUT2D eigenvalue weighted by molar-refractivity contribution is 5.99. The fourth-order valence-corrected chi connectivity index (χ4v) is 3.44. The van der Waals surface area contributed by atoms with E-state index in [9.17, 15) is 14.4 Å². The van der Waals surface area contributed by atoms with Crippen molar-refractivity contribution in [2.24, 2.45) is 5.92 Å². The Bertz CT molecular complexity index is 935. The number of benzene rings is 2. The molecule has 0 unspecified atom stereocenters. The number of piperazine rings is 1. The van der Waals surface area contributed by atoms with Crippen LogP contribution >= 0.6 is 0 Å². The van der Waals surface area contributed by atoms with Crippen molar-refractivity contribution in [2.45, 2.75) is 20.8 Å². The zero-order valence-electron chi connectivity index (χ0n) is 18.3. The smallest absolute Gasteiger partial charge is 0.338 e. The van der Waals surface area contributed by atoms with Gasteiger partial charge >= 0.3 is 5.97 Å². The molecule has 0 aliphatic carbocycles. The first-order chi connectivity index (χ1) is 14.9. The number of ether oxygens (including phenoxy) is 1. The monoisotopic (exact) mass is 423 g/mol. The van der Waals surface area contributed by atoms with Gasteiger partial charge in [-0.2, -0.15) is 0 Å². The SMILES string of the molecule is CCOC(=O)c1ccc(N2CCN(C(=O)c3ccccc3)CC2)c(NC(=O)C(C)C)c1. The van der Waals surface area contributed by atoms with Crippen LogP contribution in [0.1, 0.15) is 41.5 Å². The summed E-state index contributed by atoms with van der Waals surface area (Å²) in [5.41, 5.74) is 2.48. The first kappa shape index (κ1) is 22.3. The maximum atomic E-state index is 12.7. The molecule has 0 aromatic heterocycles. The minimum Gasteiger partial charge on any atom is -0.462 e. The maximum absolute atomic E-state index is 12.7. The van der Waals surface area contributed by atoms with Crippen LogP contribution in [-0.2, 0) is 9.53 Å². The summed E-state index contributed by atoms with van der Waals surface area (Å²) in [5.74, 6) is -0.724. The highest BCUT2D eigenvalue weighted by atomic mass is 16.5. The Morgan fingerprint density at radius 3 is 2.26 bits per heavy atom. The average Bonchev–Trinajstić information content (AvgIpc) is 2.79. The largest absolute Gasteiger partial charge is 0.462 e. The van der Waals surface area contributed by atoms with Gasteiger partial charge in [-0.05, 0) is 37.3 Å². The number of carbonyl (C=O) groups excluding carboxylic acids is 3. The molecule has 2 aromatic carbocycles. The van der Waals surface area contributed by atoms with Crippen LogP contribution in [0.5, 0.6) is 0 Å². The molecule has 31 heavy (non-hydrogen) atoms. The lowest BCUT2D eigenvalue weighted by molar-refractivity contribution is -0.118. The van der Waals surface area contributed by atoms with Gasteiger partial charge in [-0.25, -0.2) is 4.79 Å². The van der Waals surface area contributed by atoms with E-state index in [-0.39, 0.29) is 24.3 Å². The molecule has 2 aromatic rings. The summed E-state index contributed by atoms with van der Waals surface area (Å²) in [6.45, 7) is 8.07. The van der Waals surface area contributed by atoms with Crippen molar-refractivity contribution in [2.75, 3.05) is 43.0 Å². The van der Waals surface area contributed by atoms with Gasteiger partial charge in [-0.1, -0.05) is 32.0 Å². The molecule has 1 saturated heterocycles. The van der Waals surface area contributed by atoms with Crippen molar-refractivity contribution >= 4 is 29.2 Å². The van der Waals surface area contributed by atoms with Gasteiger partial charge < -0.3 is 19.9 Å². The highest BCUT2D eigenvalue weighted by Crippen LogP contribution is 2.29. The summed E-state index contributed by atoms with van der Waals surface area (Å²) in [7, 11) is 0. The van der Waals surface area contributed by atoms with Crippen LogP contribution in [0.25, 0.3) is 0 Å². The second-order valence-corrected chi connectivity index (χ2v) is 7.74. The van der Waals surface area contributed by atoms with Crippen molar-refractivity contribution in [3.8, 4) is 0 Å². The molecule has 1 heterocycles. The molecule has 2 amide bonds. The molecule has 0 saturated carbocycles. The van der Waals surface area contributed by atoms with Crippen LogP contribution in [0.15, 0.2) is 48.5 Å². The third-order valence-electron chi connectivity index (χ3n) is 5.22. The van der Waals surface area contributed by atoms with Crippen molar-refractivity contribution in [3.05, 3.63) is 59.7 Å². The molecule has 0 radical (unpaired) electrons. The lowest BCUT2D eigenvalue weighted by Crippen LogP contribution is -2.49. The zero-order valence-corrected chi connectivity index (χ0v) is 18.3. The number of anilines is 2. The molecule has 1 fully saturated rings. The zero-order chi connectivity index (χ0) is 22.4. The minimum absolute atomic E-state index is 0.0197. The molecule has 1 aliphatic heterocycles. The molecule has 164 valence electrons. The van der Waals surface area contributed by atoms with E-state index in [0.29, 0.717) is 43.0 Å². The van der Waals surface area contributed by atoms with Crippen LogP contribution in [0.4, 0.5) is 11.4 Å². The van der Waals surface area contributed by atoms with Crippen LogP contribution < -0.4 is 10.2 Å². The number of nitrogens with one attached hydrogen (secondary N) is 1. The Hall–Kier alpha value is -3.35. The van der Waals surface area contributed by atoms with Gasteiger partial charge in [0.25, 0.3) is 5.91 Å². The molecule has 0 bridgehead atoms. The number of amides is 2. The number of esters is 1. The van der Waals surface area contributed by atoms with Crippen molar-refractivity contribution in [1.29, 1.82) is 0 Å². The first-order valence-corrected chi connectivity index (χ1v) is 10.6. The number of hydrogen-bond acceptors (Lipinski definition) is 5. The van der Waals surface area contributed by atoms with Crippen LogP contribution in [0.3, 0.4) is 0 Å². The quantitative estimate of drug-likeness (QED) is 0.721. The number of carbonyl (C=O) groups is 3. The summed E-state index contributed by atoms with van der Waals surface area (Å²) >= 11 is 0.